The van der Waals surface area contributed by atoms with Crippen molar-refractivity contribution < 1.29 is 31.1 Å². The summed E-state index contributed by atoms with van der Waals surface area (Å²) in [7, 11) is -2.56. The number of nitrogens with zero attached hydrogens (tertiary/aromatic N) is 1. The predicted molar refractivity (Wildman–Crippen MR) is 99.2 cm³/mol. The number of halogens is 3. The summed E-state index contributed by atoms with van der Waals surface area (Å²) in [6.45, 7) is -0.538. The van der Waals surface area contributed by atoms with E-state index in [1.807, 2.05) is 0 Å². The van der Waals surface area contributed by atoms with Crippen LogP contribution in [0.25, 0.3) is 10.9 Å². The number of hydrogen-bond donors (Lipinski definition) is 2. The SMILES string of the molecule is CNS(=O)(=O)c1cccc(C(=O)OCc2nc3cc(C(F)(F)F)ccc3c(=O)[nH]2)c1. The molecule has 8 nitrogen and oxygen atoms in total. The Morgan fingerprint density at radius 2 is 1.93 bits per heavy atom. The van der Waals surface area contributed by atoms with E-state index >= 15 is 0 Å². The number of nitrogens with one attached hydrogen (secondary N) is 2. The van der Waals surface area contributed by atoms with Crippen molar-refractivity contribution in [1.82, 2.24) is 14.7 Å². The van der Waals surface area contributed by atoms with E-state index in [4.69, 9.17) is 4.74 Å². The Bertz CT molecular complexity index is 1290. The van der Waals surface area contributed by atoms with Gasteiger partial charge in [0.1, 0.15) is 12.4 Å². The molecule has 0 aliphatic rings. The van der Waals surface area contributed by atoms with Gasteiger partial charge in [0.25, 0.3) is 5.56 Å². The van der Waals surface area contributed by atoms with Crippen LogP contribution in [0.4, 0.5) is 13.2 Å². The van der Waals surface area contributed by atoms with Gasteiger partial charge in [-0.05, 0) is 43.4 Å². The molecule has 3 aromatic rings. The lowest BCUT2D eigenvalue weighted by Gasteiger charge is -2.09. The number of H-pyrrole nitrogens is 1. The summed E-state index contributed by atoms with van der Waals surface area (Å²) in [4.78, 5) is 30.4. The zero-order valence-corrected chi connectivity index (χ0v) is 16.1. The Morgan fingerprint density at radius 1 is 1.20 bits per heavy atom. The van der Waals surface area contributed by atoms with Crippen LogP contribution in [-0.2, 0) is 27.5 Å². The first-order valence-corrected chi connectivity index (χ1v) is 9.80. The van der Waals surface area contributed by atoms with Gasteiger partial charge >= 0.3 is 12.1 Å². The zero-order valence-electron chi connectivity index (χ0n) is 15.3. The fraction of sp³-hybridized carbons (Fsp3) is 0.167. The number of aromatic nitrogens is 2. The molecule has 158 valence electrons. The molecule has 0 radical (unpaired) electrons. The second-order valence-corrected chi connectivity index (χ2v) is 7.94. The average Bonchev–Trinajstić information content (AvgIpc) is 2.71. The number of benzene rings is 2. The number of carbonyl (C=O) groups excluding carboxylic acids is 1. The minimum absolute atomic E-state index is 0.0527. The fourth-order valence-electron chi connectivity index (χ4n) is 2.56. The maximum atomic E-state index is 12.9. The summed E-state index contributed by atoms with van der Waals surface area (Å²) in [6, 6.07) is 7.54. The number of carbonyl (C=O) groups is 1. The third-order valence-electron chi connectivity index (χ3n) is 4.07. The van der Waals surface area contributed by atoms with Gasteiger partial charge in [-0.3, -0.25) is 4.79 Å². The van der Waals surface area contributed by atoms with Crippen LogP contribution < -0.4 is 10.3 Å². The van der Waals surface area contributed by atoms with Crippen molar-refractivity contribution in [1.29, 1.82) is 0 Å². The van der Waals surface area contributed by atoms with Crippen molar-refractivity contribution in [3.63, 3.8) is 0 Å². The van der Waals surface area contributed by atoms with Crippen molar-refractivity contribution in [3.8, 4) is 0 Å². The Labute approximate surface area is 167 Å². The lowest BCUT2D eigenvalue weighted by atomic mass is 10.1. The summed E-state index contributed by atoms with van der Waals surface area (Å²) < 4.78 is 69.4. The number of esters is 1. The van der Waals surface area contributed by atoms with Crippen LogP contribution in [0, 0.1) is 0 Å². The van der Waals surface area contributed by atoms with Crippen LogP contribution in [0.15, 0.2) is 52.2 Å². The highest BCUT2D eigenvalue weighted by Crippen LogP contribution is 2.30. The van der Waals surface area contributed by atoms with Crippen LogP contribution in [0.2, 0.25) is 0 Å². The molecule has 30 heavy (non-hydrogen) atoms. The van der Waals surface area contributed by atoms with Crippen molar-refractivity contribution >= 4 is 26.9 Å². The quantitative estimate of drug-likeness (QED) is 0.586. The van der Waals surface area contributed by atoms with Crippen LogP contribution in [0.5, 0.6) is 0 Å². The van der Waals surface area contributed by atoms with Crippen molar-refractivity contribution in [2.24, 2.45) is 0 Å². The molecule has 12 heteroatoms. The molecule has 1 aromatic heterocycles. The Kier molecular flexibility index (Phi) is 5.63. The van der Waals surface area contributed by atoms with E-state index in [2.05, 4.69) is 14.7 Å². The molecule has 0 saturated carbocycles. The lowest BCUT2D eigenvalue weighted by molar-refractivity contribution is -0.137. The van der Waals surface area contributed by atoms with Gasteiger partial charge in [0.05, 0.1) is 26.9 Å². The molecule has 2 N–H and O–H groups in total. The Balaban J connectivity index is 1.84. The zero-order chi connectivity index (χ0) is 22.1. The molecular formula is C18H14F3N3O5S. The van der Waals surface area contributed by atoms with Crippen LogP contribution in [0.1, 0.15) is 21.7 Å². The highest BCUT2D eigenvalue weighted by Gasteiger charge is 2.30. The number of rotatable bonds is 5. The molecule has 0 saturated heterocycles. The normalized spacial score (nSPS) is 12.1. The molecule has 0 bridgehead atoms. The van der Waals surface area contributed by atoms with Gasteiger partial charge in [-0.25, -0.2) is 22.9 Å². The molecule has 0 atom stereocenters. The molecule has 0 fully saturated rings. The van der Waals surface area contributed by atoms with Crippen molar-refractivity contribution in [3.05, 3.63) is 69.8 Å². The molecule has 2 aromatic carbocycles. The summed E-state index contributed by atoms with van der Waals surface area (Å²) in [5.74, 6) is -1.07. The minimum Gasteiger partial charge on any atom is -0.454 e. The Morgan fingerprint density at radius 3 is 2.60 bits per heavy atom. The molecule has 0 amide bonds. The van der Waals surface area contributed by atoms with E-state index < -0.39 is 39.9 Å². The molecule has 0 spiro atoms. The topological polar surface area (TPSA) is 118 Å². The maximum absolute atomic E-state index is 12.9. The fourth-order valence-corrected chi connectivity index (χ4v) is 3.33. The standard InChI is InChI=1S/C18H14F3N3O5S/c1-22-30(27,28)12-4-2-3-10(7-12)17(26)29-9-15-23-14-8-11(18(19,20)21)5-6-13(14)16(25)24-15/h2-8,22H,9H2,1H3,(H,23,24,25). The lowest BCUT2D eigenvalue weighted by Crippen LogP contribution is -2.19. The highest BCUT2D eigenvalue weighted by atomic mass is 32.2. The van der Waals surface area contributed by atoms with Gasteiger partial charge in [-0.1, -0.05) is 6.07 Å². The molecule has 3 rings (SSSR count). The van der Waals surface area contributed by atoms with Crippen molar-refractivity contribution in [2.75, 3.05) is 7.05 Å². The predicted octanol–water partition coefficient (Wildman–Crippen LogP) is 2.21. The van der Waals surface area contributed by atoms with E-state index in [1.54, 1.807) is 0 Å². The van der Waals surface area contributed by atoms with E-state index in [-0.39, 0.29) is 27.2 Å². The number of ether oxygens (including phenoxy) is 1. The number of hydrogen-bond acceptors (Lipinski definition) is 6. The molecule has 1 heterocycles. The Hall–Kier alpha value is -3.25. The average molecular weight is 441 g/mol. The second kappa shape index (κ2) is 7.88. The molecular weight excluding hydrogens is 427 g/mol. The third-order valence-corrected chi connectivity index (χ3v) is 5.48. The highest BCUT2D eigenvalue weighted by molar-refractivity contribution is 7.89. The maximum Gasteiger partial charge on any atom is 0.416 e. The number of alkyl halides is 3. The summed E-state index contributed by atoms with van der Waals surface area (Å²) >= 11 is 0. The number of fused-ring (bicyclic) bond motifs is 1. The first kappa shape index (κ1) is 21.5. The van der Waals surface area contributed by atoms with E-state index in [0.29, 0.717) is 0 Å². The van der Waals surface area contributed by atoms with Crippen LogP contribution in [-0.4, -0.2) is 31.4 Å². The first-order chi connectivity index (χ1) is 14.0. The van der Waals surface area contributed by atoms with Gasteiger partial charge in [0.15, 0.2) is 0 Å². The smallest absolute Gasteiger partial charge is 0.416 e. The number of aromatic amines is 1. The minimum atomic E-state index is -4.61. The van der Waals surface area contributed by atoms with Gasteiger partial charge in [0, 0.05) is 0 Å². The molecule has 0 unspecified atom stereocenters. The monoisotopic (exact) mass is 441 g/mol. The summed E-state index contributed by atoms with van der Waals surface area (Å²) in [5.41, 5.74) is -1.95. The van der Waals surface area contributed by atoms with Gasteiger partial charge < -0.3 is 9.72 Å². The number of sulfonamides is 1. The summed E-state index contributed by atoms with van der Waals surface area (Å²) in [6.07, 6.45) is -4.61. The molecule has 0 aliphatic carbocycles. The van der Waals surface area contributed by atoms with E-state index in [0.717, 1.165) is 24.3 Å². The van der Waals surface area contributed by atoms with E-state index in [9.17, 15) is 31.2 Å². The van der Waals surface area contributed by atoms with Gasteiger partial charge in [0.2, 0.25) is 10.0 Å². The first-order valence-electron chi connectivity index (χ1n) is 8.32. The largest absolute Gasteiger partial charge is 0.454 e. The van der Waals surface area contributed by atoms with Crippen LogP contribution >= 0.6 is 0 Å². The van der Waals surface area contributed by atoms with Gasteiger partial charge in [-0.15, -0.1) is 0 Å². The van der Waals surface area contributed by atoms with Crippen LogP contribution in [0.3, 0.4) is 0 Å². The van der Waals surface area contributed by atoms with E-state index in [1.165, 1.54) is 25.2 Å². The van der Waals surface area contributed by atoms with Crippen molar-refractivity contribution in [2.45, 2.75) is 17.7 Å². The second-order valence-electron chi connectivity index (χ2n) is 6.05. The molecule has 0 aliphatic heterocycles. The summed E-state index contributed by atoms with van der Waals surface area (Å²) in [5, 5.41) is -0.0527. The third kappa shape index (κ3) is 4.49. The van der Waals surface area contributed by atoms with Gasteiger partial charge in [-0.2, -0.15) is 13.2 Å².